The van der Waals surface area contributed by atoms with Gasteiger partial charge in [0.05, 0.1) is 0 Å². The van der Waals surface area contributed by atoms with Crippen molar-refractivity contribution in [1.29, 1.82) is 0 Å². The van der Waals surface area contributed by atoms with Gasteiger partial charge in [-0.25, -0.2) is 4.39 Å². The zero-order chi connectivity index (χ0) is 10.7. The summed E-state index contributed by atoms with van der Waals surface area (Å²) in [6.07, 6.45) is 0. The van der Waals surface area contributed by atoms with Crippen LogP contribution in [0.25, 0.3) is 0 Å². The molecule has 1 rings (SSSR count). The molecular formula is C11H16FNS. The van der Waals surface area contributed by atoms with Crippen LogP contribution in [0.15, 0.2) is 23.1 Å². The van der Waals surface area contributed by atoms with E-state index in [1.54, 1.807) is 17.8 Å². The SMILES string of the molecule is CC(C)C(C)Sc1ccc(F)cc1N. The number of hydrogen-bond acceptors (Lipinski definition) is 2. The van der Waals surface area contributed by atoms with Gasteiger partial charge in [0.15, 0.2) is 0 Å². The molecule has 0 heterocycles. The van der Waals surface area contributed by atoms with Crippen molar-refractivity contribution in [2.45, 2.75) is 30.9 Å². The van der Waals surface area contributed by atoms with Crippen LogP contribution >= 0.6 is 11.8 Å². The van der Waals surface area contributed by atoms with E-state index in [2.05, 4.69) is 20.8 Å². The maximum atomic E-state index is 12.8. The van der Waals surface area contributed by atoms with Crippen LogP contribution in [0.1, 0.15) is 20.8 Å². The van der Waals surface area contributed by atoms with Crippen LogP contribution in [-0.2, 0) is 0 Å². The highest BCUT2D eigenvalue weighted by atomic mass is 32.2. The standard InChI is InChI=1S/C11H16FNS/c1-7(2)8(3)14-11-5-4-9(12)6-10(11)13/h4-8H,13H2,1-3H3. The molecule has 0 bridgehead atoms. The van der Waals surface area contributed by atoms with E-state index in [0.717, 1.165) is 4.90 Å². The van der Waals surface area contributed by atoms with Crippen molar-refractivity contribution in [2.24, 2.45) is 5.92 Å². The Labute approximate surface area is 88.9 Å². The maximum absolute atomic E-state index is 12.8. The Kier molecular flexibility index (Phi) is 3.81. The molecule has 1 atom stereocenters. The lowest BCUT2D eigenvalue weighted by atomic mass is 10.2. The molecule has 0 aliphatic rings. The Morgan fingerprint density at radius 1 is 1.29 bits per heavy atom. The summed E-state index contributed by atoms with van der Waals surface area (Å²) in [7, 11) is 0. The van der Waals surface area contributed by atoms with E-state index in [1.165, 1.54) is 12.1 Å². The Hall–Kier alpha value is -0.700. The molecule has 0 amide bonds. The van der Waals surface area contributed by atoms with Gasteiger partial charge < -0.3 is 5.73 Å². The molecule has 0 aromatic heterocycles. The highest BCUT2D eigenvalue weighted by molar-refractivity contribution is 8.00. The summed E-state index contributed by atoms with van der Waals surface area (Å²) in [6.45, 7) is 6.48. The van der Waals surface area contributed by atoms with Crippen molar-refractivity contribution in [3.05, 3.63) is 24.0 Å². The first-order chi connectivity index (χ1) is 6.50. The van der Waals surface area contributed by atoms with Crippen LogP contribution in [0.2, 0.25) is 0 Å². The molecule has 1 nitrogen and oxygen atoms in total. The number of anilines is 1. The molecule has 1 aromatic rings. The second-order valence-electron chi connectivity index (χ2n) is 3.75. The van der Waals surface area contributed by atoms with E-state index in [0.29, 0.717) is 16.9 Å². The van der Waals surface area contributed by atoms with E-state index in [-0.39, 0.29) is 5.82 Å². The van der Waals surface area contributed by atoms with Crippen LogP contribution in [0, 0.1) is 11.7 Å². The fourth-order valence-corrected chi connectivity index (χ4v) is 1.98. The van der Waals surface area contributed by atoms with Gasteiger partial charge in [-0.15, -0.1) is 11.8 Å². The van der Waals surface area contributed by atoms with Crippen LogP contribution < -0.4 is 5.73 Å². The van der Waals surface area contributed by atoms with Crippen LogP contribution in [0.5, 0.6) is 0 Å². The summed E-state index contributed by atoms with van der Waals surface area (Å²) in [5.41, 5.74) is 6.24. The quantitative estimate of drug-likeness (QED) is 0.614. The van der Waals surface area contributed by atoms with Crippen LogP contribution in [0.3, 0.4) is 0 Å². The summed E-state index contributed by atoms with van der Waals surface area (Å²) in [4.78, 5) is 0.965. The molecule has 0 radical (unpaired) electrons. The third kappa shape index (κ3) is 2.91. The lowest BCUT2D eigenvalue weighted by Crippen LogP contribution is -2.06. The van der Waals surface area contributed by atoms with E-state index < -0.39 is 0 Å². The lowest BCUT2D eigenvalue weighted by Gasteiger charge is -2.15. The molecule has 14 heavy (non-hydrogen) atoms. The zero-order valence-electron chi connectivity index (χ0n) is 8.75. The second-order valence-corrected chi connectivity index (χ2v) is 5.17. The summed E-state index contributed by atoms with van der Waals surface area (Å²) in [5, 5.41) is 0.489. The van der Waals surface area contributed by atoms with Crippen LogP contribution in [0.4, 0.5) is 10.1 Å². The minimum absolute atomic E-state index is 0.274. The molecule has 0 aliphatic carbocycles. The Balaban J connectivity index is 2.77. The fourth-order valence-electron chi connectivity index (χ4n) is 0.963. The van der Waals surface area contributed by atoms with Gasteiger partial charge in [-0.05, 0) is 24.1 Å². The second kappa shape index (κ2) is 4.69. The predicted octanol–water partition coefficient (Wildman–Crippen LogP) is 3.54. The van der Waals surface area contributed by atoms with Gasteiger partial charge in [0.25, 0.3) is 0 Å². The molecule has 3 heteroatoms. The van der Waals surface area contributed by atoms with Crippen molar-refractivity contribution in [1.82, 2.24) is 0 Å². The number of benzene rings is 1. The molecule has 2 N–H and O–H groups in total. The molecule has 1 aromatic carbocycles. The normalized spacial score (nSPS) is 13.2. The first-order valence-corrected chi connectivity index (χ1v) is 5.60. The average molecular weight is 213 g/mol. The maximum Gasteiger partial charge on any atom is 0.125 e. The first-order valence-electron chi connectivity index (χ1n) is 4.72. The highest BCUT2D eigenvalue weighted by Gasteiger charge is 2.10. The Bertz CT molecular complexity index is 312. The minimum Gasteiger partial charge on any atom is -0.398 e. The Morgan fingerprint density at radius 2 is 1.93 bits per heavy atom. The largest absolute Gasteiger partial charge is 0.398 e. The highest BCUT2D eigenvalue weighted by Crippen LogP contribution is 2.32. The third-order valence-electron chi connectivity index (χ3n) is 2.22. The molecule has 0 aliphatic heterocycles. The van der Waals surface area contributed by atoms with Crippen molar-refractivity contribution in [3.63, 3.8) is 0 Å². The number of halogens is 1. The summed E-state index contributed by atoms with van der Waals surface area (Å²) in [6, 6.07) is 4.56. The van der Waals surface area contributed by atoms with Crippen molar-refractivity contribution >= 4 is 17.4 Å². The number of hydrogen-bond donors (Lipinski definition) is 1. The summed E-state index contributed by atoms with van der Waals surface area (Å²) in [5.74, 6) is 0.313. The lowest BCUT2D eigenvalue weighted by molar-refractivity contribution is 0.627. The van der Waals surface area contributed by atoms with Crippen molar-refractivity contribution < 1.29 is 4.39 Å². The summed E-state index contributed by atoms with van der Waals surface area (Å²) >= 11 is 1.70. The minimum atomic E-state index is -0.274. The van der Waals surface area contributed by atoms with Gasteiger partial charge in [0, 0.05) is 15.8 Å². The number of nitrogen functional groups attached to an aromatic ring is 1. The van der Waals surface area contributed by atoms with Gasteiger partial charge in [-0.1, -0.05) is 20.8 Å². The topological polar surface area (TPSA) is 26.0 Å². The van der Waals surface area contributed by atoms with Crippen molar-refractivity contribution in [3.8, 4) is 0 Å². The van der Waals surface area contributed by atoms with E-state index in [4.69, 9.17) is 5.73 Å². The molecule has 0 spiro atoms. The van der Waals surface area contributed by atoms with E-state index in [9.17, 15) is 4.39 Å². The van der Waals surface area contributed by atoms with Gasteiger partial charge >= 0.3 is 0 Å². The van der Waals surface area contributed by atoms with E-state index in [1.807, 2.05) is 0 Å². The summed E-state index contributed by atoms with van der Waals surface area (Å²) < 4.78 is 12.8. The fraction of sp³-hybridized carbons (Fsp3) is 0.455. The molecule has 0 saturated heterocycles. The number of thioether (sulfide) groups is 1. The molecule has 78 valence electrons. The van der Waals surface area contributed by atoms with Gasteiger partial charge in [-0.2, -0.15) is 0 Å². The first kappa shape index (κ1) is 11.4. The molecule has 1 unspecified atom stereocenters. The molecule has 0 saturated carbocycles. The number of nitrogens with two attached hydrogens (primary N) is 1. The van der Waals surface area contributed by atoms with Gasteiger partial charge in [0.2, 0.25) is 0 Å². The Morgan fingerprint density at radius 3 is 2.43 bits per heavy atom. The molecular weight excluding hydrogens is 197 g/mol. The van der Waals surface area contributed by atoms with Crippen molar-refractivity contribution in [2.75, 3.05) is 5.73 Å². The average Bonchev–Trinajstić information content (AvgIpc) is 2.09. The van der Waals surface area contributed by atoms with Gasteiger partial charge in [0.1, 0.15) is 5.82 Å². The number of rotatable bonds is 3. The third-order valence-corrected chi connectivity index (χ3v) is 3.77. The van der Waals surface area contributed by atoms with Crippen LogP contribution in [-0.4, -0.2) is 5.25 Å². The monoisotopic (exact) mass is 213 g/mol. The predicted molar refractivity (Wildman–Crippen MR) is 61.0 cm³/mol. The van der Waals surface area contributed by atoms with Gasteiger partial charge in [-0.3, -0.25) is 0 Å². The van der Waals surface area contributed by atoms with E-state index >= 15 is 0 Å². The molecule has 0 fully saturated rings. The zero-order valence-corrected chi connectivity index (χ0v) is 9.57. The smallest absolute Gasteiger partial charge is 0.125 e.